The number of nitrogens with one attached hydrogen (secondary N) is 2. The third kappa shape index (κ3) is 4.08. The summed E-state index contributed by atoms with van der Waals surface area (Å²) in [4.78, 5) is 8.46. The zero-order chi connectivity index (χ0) is 14.4. The zero-order valence-corrected chi connectivity index (χ0v) is 13.5. The molecule has 0 spiro atoms. The van der Waals surface area contributed by atoms with E-state index in [1.54, 1.807) is 6.33 Å². The molecule has 1 heterocycles. The van der Waals surface area contributed by atoms with Crippen LogP contribution >= 0.6 is 27.5 Å². The van der Waals surface area contributed by atoms with Crippen molar-refractivity contribution in [3.05, 3.63) is 45.7 Å². The molecule has 0 bridgehead atoms. The second-order valence-electron chi connectivity index (χ2n) is 4.29. The molecule has 1 aromatic heterocycles. The maximum Gasteiger partial charge on any atom is 0.146 e. The van der Waals surface area contributed by atoms with E-state index in [0.717, 1.165) is 39.7 Å². The van der Waals surface area contributed by atoms with Gasteiger partial charge in [0.1, 0.15) is 22.4 Å². The molecule has 106 valence electrons. The molecule has 0 radical (unpaired) electrons. The molecule has 2 rings (SSSR count). The van der Waals surface area contributed by atoms with E-state index in [2.05, 4.69) is 43.5 Å². The number of anilines is 2. The summed E-state index contributed by atoms with van der Waals surface area (Å²) in [6.45, 7) is 3.67. The molecule has 4 nitrogen and oxygen atoms in total. The number of aromatic nitrogens is 2. The van der Waals surface area contributed by atoms with Gasteiger partial charge in [-0.25, -0.2) is 9.97 Å². The van der Waals surface area contributed by atoms with Crippen LogP contribution in [-0.4, -0.2) is 16.5 Å². The summed E-state index contributed by atoms with van der Waals surface area (Å²) in [6, 6.07) is 7.73. The third-order valence-electron chi connectivity index (χ3n) is 2.71. The van der Waals surface area contributed by atoms with E-state index >= 15 is 0 Å². The van der Waals surface area contributed by atoms with Gasteiger partial charge in [-0.1, -0.05) is 30.7 Å². The first kappa shape index (κ1) is 15.1. The van der Waals surface area contributed by atoms with Crippen LogP contribution < -0.4 is 10.6 Å². The Kier molecular flexibility index (Phi) is 5.61. The van der Waals surface area contributed by atoms with E-state index in [0.29, 0.717) is 6.54 Å². The first-order chi connectivity index (χ1) is 9.70. The number of benzene rings is 1. The largest absolute Gasteiger partial charge is 0.369 e. The molecule has 0 aliphatic carbocycles. The van der Waals surface area contributed by atoms with Gasteiger partial charge in [-0.3, -0.25) is 0 Å². The average molecular weight is 356 g/mol. The quantitative estimate of drug-likeness (QED) is 0.810. The van der Waals surface area contributed by atoms with Crippen molar-refractivity contribution in [2.75, 3.05) is 17.2 Å². The van der Waals surface area contributed by atoms with E-state index in [4.69, 9.17) is 11.6 Å². The summed E-state index contributed by atoms with van der Waals surface area (Å²) in [5.41, 5.74) is 1.14. The van der Waals surface area contributed by atoms with Crippen LogP contribution in [0, 0.1) is 0 Å². The highest BCUT2D eigenvalue weighted by molar-refractivity contribution is 9.10. The van der Waals surface area contributed by atoms with Crippen molar-refractivity contribution in [1.82, 2.24) is 9.97 Å². The molecule has 0 aliphatic heterocycles. The highest BCUT2D eigenvalue weighted by Gasteiger charge is 2.07. The van der Waals surface area contributed by atoms with Crippen molar-refractivity contribution in [3.8, 4) is 0 Å². The normalized spacial score (nSPS) is 10.3. The lowest BCUT2D eigenvalue weighted by molar-refractivity contribution is 0.960. The molecule has 20 heavy (non-hydrogen) atoms. The van der Waals surface area contributed by atoms with Crippen molar-refractivity contribution in [2.24, 2.45) is 0 Å². The molecule has 6 heteroatoms. The fourth-order valence-electron chi connectivity index (χ4n) is 1.65. The van der Waals surface area contributed by atoms with Gasteiger partial charge in [0.05, 0.1) is 0 Å². The fraction of sp³-hybridized carbons (Fsp3) is 0.286. The number of halogens is 2. The summed E-state index contributed by atoms with van der Waals surface area (Å²) in [5.74, 6) is 1.58. The standard InChI is InChI=1S/C14H16BrClN4/c1-2-7-17-13-12(15)14(20-9-19-13)18-8-10-3-5-11(16)6-4-10/h3-6,9H,2,7-8H2,1H3,(H2,17,18,19,20). The second kappa shape index (κ2) is 7.45. The maximum atomic E-state index is 5.87. The highest BCUT2D eigenvalue weighted by atomic mass is 79.9. The van der Waals surface area contributed by atoms with Crippen molar-refractivity contribution < 1.29 is 0 Å². The Bertz CT molecular complexity index is 560. The first-order valence-electron chi connectivity index (χ1n) is 6.43. The summed E-state index contributed by atoms with van der Waals surface area (Å²) < 4.78 is 0.849. The molecular formula is C14H16BrClN4. The van der Waals surface area contributed by atoms with Crippen molar-refractivity contribution in [1.29, 1.82) is 0 Å². The summed E-state index contributed by atoms with van der Waals surface area (Å²) >= 11 is 9.39. The van der Waals surface area contributed by atoms with Crippen LogP contribution in [0.1, 0.15) is 18.9 Å². The average Bonchev–Trinajstić information content (AvgIpc) is 2.47. The second-order valence-corrected chi connectivity index (χ2v) is 5.52. The Morgan fingerprint density at radius 1 is 1.10 bits per heavy atom. The SMILES string of the molecule is CCCNc1ncnc(NCc2ccc(Cl)cc2)c1Br. The first-order valence-corrected chi connectivity index (χ1v) is 7.60. The smallest absolute Gasteiger partial charge is 0.146 e. The molecular weight excluding hydrogens is 340 g/mol. The Balaban J connectivity index is 2.03. The van der Waals surface area contributed by atoms with Gasteiger partial charge in [0.2, 0.25) is 0 Å². The van der Waals surface area contributed by atoms with E-state index in [1.807, 2.05) is 24.3 Å². The van der Waals surface area contributed by atoms with Crippen LogP contribution in [0.3, 0.4) is 0 Å². The van der Waals surface area contributed by atoms with Crippen molar-refractivity contribution in [3.63, 3.8) is 0 Å². The summed E-state index contributed by atoms with van der Waals surface area (Å²) in [7, 11) is 0. The predicted molar refractivity (Wildman–Crippen MR) is 87.3 cm³/mol. The van der Waals surface area contributed by atoms with Gasteiger partial charge in [-0.2, -0.15) is 0 Å². The number of rotatable bonds is 6. The van der Waals surface area contributed by atoms with Crippen LogP contribution in [0.4, 0.5) is 11.6 Å². The lowest BCUT2D eigenvalue weighted by atomic mass is 10.2. The predicted octanol–water partition coefficient (Wildman–Crippen LogP) is 4.33. The van der Waals surface area contributed by atoms with Gasteiger partial charge in [0.25, 0.3) is 0 Å². The summed E-state index contributed by atoms with van der Waals surface area (Å²) in [5, 5.41) is 7.28. The van der Waals surface area contributed by atoms with E-state index in [1.165, 1.54) is 0 Å². The number of hydrogen-bond acceptors (Lipinski definition) is 4. The molecule has 0 amide bonds. The van der Waals surface area contributed by atoms with Crippen LogP contribution in [0.2, 0.25) is 5.02 Å². The lowest BCUT2D eigenvalue weighted by Crippen LogP contribution is -2.07. The monoisotopic (exact) mass is 354 g/mol. The van der Waals surface area contributed by atoms with E-state index in [9.17, 15) is 0 Å². The van der Waals surface area contributed by atoms with Crippen LogP contribution in [0.15, 0.2) is 35.1 Å². The molecule has 0 saturated carbocycles. The third-order valence-corrected chi connectivity index (χ3v) is 3.71. The van der Waals surface area contributed by atoms with Gasteiger partial charge in [-0.05, 0) is 40.0 Å². The van der Waals surface area contributed by atoms with Crippen molar-refractivity contribution in [2.45, 2.75) is 19.9 Å². The highest BCUT2D eigenvalue weighted by Crippen LogP contribution is 2.26. The zero-order valence-electron chi connectivity index (χ0n) is 11.2. The van der Waals surface area contributed by atoms with Crippen LogP contribution in [0.25, 0.3) is 0 Å². The minimum absolute atomic E-state index is 0.681. The molecule has 0 aliphatic rings. The fourth-order valence-corrected chi connectivity index (χ4v) is 2.26. The van der Waals surface area contributed by atoms with Gasteiger partial charge in [0.15, 0.2) is 0 Å². The Hall–Kier alpha value is -1.33. The van der Waals surface area contributed by atoms with E-state index in [-0.39, 0.29) is 0 Å². The molecule has 0 atom stereocenters. The summed E-state index contributed by atoms with van der Waals surface area (Å²) in [6.07, 6.45) is 2.59. The lowest BCUT2D eigenvalue weighted by Gasteiger charge is -2.11. The maximum absolute atomic E-state index is 5.87. The minimum atomic E-state index is 0.681. The molecule has 0 saturated heterocycles. The van der Waals surface area contributed by atoms with Crippen LogP contribution in [0.5, 0.6) is 0 Å². The molecule has 0 fully saturated rings. The molecule has 2 aromatic rings. The van der Waals surface area contributed by atoms with E-state index < -0.39 is 0 Å². The Labute approximate surface area is 132 Å². The number of hydrogen-bond donors (Lipinski definition) is 2. The number of nitrogens with zero attached hydrogens (tertiary/aromatic N) is 2. The van der Waals surface area contributed by atoms with Crippen molar-refractivity contribution >= 4 is 39.2 Å². The van der Waals surface area contributed by atoms with Gasteiger partial charge < -0.3 is 10.6 Å². The molecule has 2 N–H and O–H groups in total. The van der Waals surface area contributed by atoms with Gasteiger partial charge in [0, 0.05) is 18.1 Å². The van der Waals surface area contributed by atoms with Gasteiger partial charge >= 0.3 is 0 Å². The Morgan fingerprint density at radius 2 is 1.75 bits per heavy atom. The molecule has 1 aromatic carbocycles. The topological polar surface area (TPSA) is 49.8 Å². The Morgan fingerprint density at radius 3 is 2.40 bits per heavy atom. The van der Waals surface area contributed by atoms with Crippen LogP contribution in [-0.2, 0) is 6.54 Å². The molecule has 0 unspecified atom stereocenters. The van der Waals surface area contributed by atoms with Gasteiger partial charge in [-0.15, -0.1) is 0 Å². The minimum Gasteiger partial charge on any atom is -0.369 e.